The Kier molecular flexibility index (Phi) is 3.33. The smallest absolute Gasteiger partial charge is 0.171 e. The first-order chi connectivity index (χ1) is 8.07. The Labute approximate surface area is 99.8 Å². The van der Waals surface area contributed by atoms with Gasteiger partial charge in [0.2, 0.25) is 0 Å². The van der Waals surface area contributed by atoms with Crippen LogP contribution in [0.15, 0.2) is 18.2 Å². The molecule has 2 N–H and O–H groups in total. The lowest BCUT2D eigenvalue weighted by atomic mass is 9.79. The van der Waals surface area contributed by atoms with Crippen LogP contribution in [0.5, 0.6) is 5.75 Å². The maximum absolute atomic E-state index is 14.8. The van der Waals surface area contributed by atoms with Gasteiger partial charge in [0.25, 0.3) is 0 Å². The normalized spacial score (nSPS) is 29.1. The molecule has 2 atom stereocenters. The molecule has 0 heterocycles. The summed E-state index contributed by atoms with van der Waals surface area (Å²) in [6, 6.07) is 4.39. The lowest BCUT2D eigenvalue weighted by Crippen LogP contribution is -2.36. The molecule has 1 aliphatic rings. The van der Waals surface area contributed by atoms with E-state index in [0.29, 0.717) is 12.8 Å². The highest BCUT2D eigenvalue weighted by Crippen LogP contribution is 2.42. The molecule has 0 spiro atoms. The first kappa shape index (κ1) is 12.3. The van der Waals surface area contributed by atoms with Gasteiger partial charge in [-0.15, -0.1) is 0 Å². The number of hydrogen-bond donors (Lipinski definition) is 1. The second-order valence-electron chi connectivity index (χ2n) is 4.64. The van der Waals surface area contributed by atoms with Gasteiger partial charge in [-0.25, -0.2) is 8.78 Å². The van der Waals surface area contributed by atoms with Crippen LogP contribution in [-0.2, 0) is 5.67 Å². The summed E-state index contributed by atoms with van der Waals surface area (Å²) in [5, 5.41) is 0. The number of alkyl halides is 1. The highest BCUT2D eigenvalue weighted by molar-refractivity contribution is 5.35. The molecule has 0 saturated heterocycles. The van der Waals surface area contributed by atoms with Crippen molar-refractivity contribution >= 4 is 0 Å². The number of ether oxygens (including phenoxy) is 1. The van der Waals surface area contributed by atoms with Gasteiger partial charge in [-0.3, -0.25) is 0 Å². The van der Waals surface area contributed by atoms with Crippen LogP contribution in [0.1, 0.15) is 31.2 Å². The molecule has 1 aromatic carbocycles. The van der Waals surface area contributed by atoms with Gasteiger partial charge in [0, 0.05) is 18.0 Å². The molecule has 0 amide bonds. The third-order valence-electron chi connectivity index (χ3n) is 3.40. The molecule has 0 aliphatic heterocycles. The molecule has 0 bridgehead atoms. The Morgan fingerprint density at radius 3 is 2.88 bits per heavy atom. The van der Waals surface area contributed by atoms with Gasteiger partial charge < -0.3 is 10.5 Å². The van der Waals surface area contributed by atoms with Crippen molar-refractivity contribution in [1.82, 2.24) is 0 Å². The molecule has 2 nitrogen and oxygen atoms in total. The van der Waals surface area contributed by atoms with Gasteiger partial charge in [-0.1, -0.05) is 12.1 Å². The average Bonchev–Trinajstić information content (AvgIpc) is 2.28. The Morgan fingerprint density at radius 2 is 2.24 bits per heavy atom. The Hall–Kier alpha value is -1.16. The predicted octanol–water partition coefficient (Wildman–Crippen LogP) is 2.90. The summed E-state index contributed by atoms with van der Waals surface area (Å²) in [7, 11) is 1.37. The monoisotopic (exact) mass is 241 g/mol. The second-order valence-corrected chi connectivity index (χ2v) is 4.64. The van der Waals surface area contributed by atoms with Crippen LogP contribution in [-0.4, -0.2) is 13.2 Å². The minimum absolute atomic E-state index is 0.0759. The fourth-order valence-electron chi connectivity index (χ4n) is 2.52. The summed E-state index contributed by atoms with van der Waals surface area (Å²) in [5.41, 5.74) is 4.19. The highest BCUT2D eigenvalue weighted by atomic mass is 19.1. The lowest BCUT2D eigenvalue weighted by molar-refractivity contribution is 0.0898. The Morgan fingerprint density at radius 1 is 1.47 bits per heavy atom. The van der Waals surface area contributed by atoms with E-state index < -0.39 is 11.5 Å². The molecule has 2 rings (SSSR count). The fraction of sp³-hybridized carbons (Fsp3) is 0.538. The number of nitrogens with two attached hydrogens (primary N) is 1. The molecule has 0 radical (unpaired) electrons. The molecule has 94 valence electrons. The molecule has 1 aromatic rings. The number of halogens is 2. The first-order valence-electron chi connectivity index (χ1n) is 5.84. The van der Waals surface area contributed by atoms with E-state index in [2.05, 4.69) is 0 Å². The fourth-order valence-corrected chi connectivity index (χ4v) is 2.52. The average molecular weight is 241 g/mol. The van der Waals surface area contributed by atoms with E-state index in [0.717, 1.165) is 6.42 Å². The van der Waals surface area contributed by atoms with E-state index in [1.807, 2.05) is 0 Å². The third-order valence-corrected chi connectivity index (χ3v) is 3.40. The molecule has 2 unspecified atom stereocenters. The summed E-state index contributed by atoms with van der Waals surface area (Å²) >= 11 is 0. The van der Waals surface area contributed by atoms with Gasteiger partial charge in [0.15, 0.2) is 11.6 Å². The van der Waals surface area contributed by atoms with Crippen LogP contribution in [0.4, 0.5) is 8.78 Å². The van der Waals surface area contributed by atoms with Crippen molar-refractivity contribution in [2.45, 2.75) is 37.4 Å². The van der Waals surface area contributed by atoms with E-state index in [9.17, 15) is 8.78 Å². The zero-order valence-electron chi connectivity index (χ0n) is 9.88. The van der Waals surface area contributed by atoms with E-state index in [4.69, 9.17) is 10.5 Å². The van der Waals surface area contributed by atoms with Crippen molar-refractivity contribution in [3.63, 3.8) is 0 Å². The first-order valence-corrected chi connectivity index (χ1v) is 5.84. The third kappa shape index (κ3) is 2.27. The van der Waals surface area contributed by atoms with Crippen LogP contribution in [0.25, 0.3) is 0 Å². The predicted molar refractivity (Wildman–Crippen MR) is 62.2 cm³/mol. The zero-order valence-corrected chi connectivity index (χ0v) is 9.88. The molecule has 1 saturated carbocycles. The van der Waals surface area contributed by atoms with Crippen molar-refractivity contribution in [2.24, 2.45) is 5.73 Å². The number of hydrogen-bond acceptors (Lipinski definition) is 2. The second kappa shape index (κ2) is 4.61. The van der Waals surface area contributed by atoms with Crippen LogP contribution >= 0.6 is 0 Å². The number of benzene rings is 1. The summed E-state index contributed by atoms with van der Waals surface area (Å²) in [4.78, 5) is 0. The Balaban J connectivity index is 2.38. The van der Waals surface area contributed by atoms with Crippen LogP contribution in [0.3, 0.4) is 0 Å². The number of methoxy groups -OCH3 is 1. The van der Waals surface area contributed by atoms with Crippen LogP contribution in [0.2, 0.25) is 0 Å². The van der Waals surface area contributed by atoms with E-state index in [-0.39, 0.29) is 23.8 Å². The lowest BCUT2D eigenvalue weighted by Gasteiger charge is -2.33. The molecular formula is C13H17F2NO. The van der Waals surface area contributed by atoms with E-state index >= 15 is 0 Å². The molecule has 1 aliphatic carbocycles. The van der Waals surface area contributed by atoms with Crippen molar-refractivity contribution in [3.8, 4) is 5.75 Å². The van der Waals surface area contributed by atoms with E-state index in [1.54, 1.807) is 6.07 Å². The Bertz CT molecular complexity index is 410. The largest absolute Gasteiger partial charge is 0.494 e. The van der Waals surface area contributed by atoms with Gasteiger partial charge in [-0.05, 0) is 25.3 Å². The van der Waals surface area contributed by atoms with E-state index in [1.165, 1.54) is 19.2 Å². The van der Waals surface area contributed by atoms with Crippen molar-refractivity contribution in [2.75, 3.05) is 7.11 Å². The van der Waals surface area contributed by atoms with Crippen molar-refractivity contribution < 1.29 is 13.5 Å². The highest BCUT2D eigenvalue weighted by Gasteiger charge is 2.39. The van der Waals surface area contributed by atoms with Gasteiger partial charge in [-0.2, -0.15) is 0 Å². The summed E-state index contributed by atoms with van der Waals surface area (Å²) < 4.78 is 33.7. The summed E-state index contributed by atoms with van der Waals surface area (Å²) in [6.07, 6.45) is 1.99. The van der Waals surface area contributed by atoms with Gasteiger partial charge in [0.05, 0.1) is 7.11 Å². The quantitative estimate of drug-likeness (QED) is 0.864. The maximum Gasteiger partial charge on any atom is 0.171 e. The molecule has 4 heteroatoms. The minimum Gasteiger partial charge on any atom is -0.494 e. The molecule has 17 heavy (non-hydrogen) atoms. The van der Waals surface area contributed by atoms with Crippen molar-refractivity contribution in [1.29, 1.82) is 0 Å². The van der Waals surface area contributed by atoms with Gasteiger partial charge in [0.1, 0.15) is 5.67 Å². The maximum atomic E-state index is 14.8. The number of rotatable bonds is 2. The molecule has 0 aromatic heterocycles. The van der Waals surface area contributed by atoms with Gasteiger partial charge >= 0.3 is 0 Å². The SMILES string of the molecule is COc1cccc(C2(F)CCCC(N)C2)c1F. The zero-order chi connectivity index (χ0) is 12.5. The topological polar surface area (TPSA) is 35.2 Å². The minimum atomic E-state index is -1.66. The van der Waals surface area contributed by atoms with Crippen LogP contribution in [0, 0.1) is 5.82 Å². The van der Waals surface area contributed by atoms with Crippen molar-refractivity contribution in [3.05, 3.63) is 29.6 Å². The standard InChI is InChI=1S/C13H17F2NO/c1-17-11-6-2-5-10(12(11)14)13(15)7-3-4-9(16)8-13/h2,5-6,9H,3-4,7-8,16H2,1H3. The van der Waals surface area contributed by atoms with Crippen LogP contribution < -0.4 is 10.5 Å². The molecule has 1 fully saturated rings. The summed E-state index contributed by atoms with van der Waals surface area (Å²) in [5.74, 6) is -0.523. The summed E-state index contributed by atoms with van der Waals surface area (Å²) in [6.45, 7) is 0. The molecular weight excluding hydrogens is 224 g/mol.